The monoisotopic (exact) mass is 232 g/mol. The molecule has 0 atom stereocenters. The molecule has 1 aromatic heterocycles. The first-order chi connectivity index (χ1) is 8.13. The van der Waals surface area contributed by atoms with Crippen LogP contribution in [0.1, 0.15) is 24.1 Å². The van der Waals surface area contributed by atoms with E-state index in [1.165, 1.54) is 0 Å². The number of nitrogens with zero attached hydrogens (tertiary/aromatic N) is 3. The zero-order valence-electron chi connectivity index (χ0n) is 10.8. The summed E-state index contributed by atoms with van der Waals surface area (Å²) in [4.78, 5) is 6.50. The molecule has 0 aliphatic heterocycles. The van der Waals surface area contributed by atoms with Crippen molar-refractivity contribution in [2.45, 2.75) is 19.8 Å². The topological polar surface area (TPSA) is 52.0 Å². The van der Waals surface area contributed by atoms with Gasteiger partial charge in [-0.2, -0.15) is 5.26 Å². The number of nitriles is 1. The van der Waals surface area contributed by atoms with Crippen LogP contribution in [0.5, 0.6) is 0 Å². The molecule has 0 saturated carbocycles. The Kier molecular flexibility index (Phi) is 5.44. The van der Waals surface area contributed by atoms with Crippen molar-refractivity contribution in [1.29, 1.82) is 5.26 Å². The van der Waals surface area contributed by atoms with Gasteiger partial charge in [0.1, 0.15) is 11.9 Å². The summed E-state index contributed by atoms with van der Waals surface area (Å²) >= 11 is 0. The molecule has 1 N–H and O–H groups in total. The average Bonchev–Trinajstić information content (AvgIpc) is 2.28. The van der Waals surface area contributed by atoms with E-state index in [4.69, 9.17) is 5.26 Å². The third kappa shape index (κ3) is 4.83. The van der Waals surface area contributed by atoms with Crippen LogP contribution in [0, 0.1) is 18.3 Å². The van der Waals surface area contributed by atoms with Crippen LogP contribution in [0.15, 0.2) is 12.1 Å². The van der Waals surface area contributed by atoms with Gasteiger partial charge in [0.15, 0.2) is 0 Å². The van der Waals surface area contributed by atoms with Gasteiger partial charge in [0.25, 0.3) is 0 Å². The summed E-state index contributed by atoms with van der Waals surface area (Å²) in [7, 11) is 4.15. The van der Waals surface area contributed by atoms with Crippen LogP contribution < -0.4 is 5.32 Å². The van der Waals surface area contributed by atoms with Gasteiger partial charge in [-0.15, -0.1) is 0 Å². The van der Waals surface area contributed by atoms with Gasteiger partial charge in [-0.1, -0.05) is 0 Å². The van der Waals surface area contributed by atoms with Gasteiger partial charge in [0.2, 0.25) is 0 Å². The lowest BCUT2D eigenvalue weighted by atomic mass is 10.2. The Bertz CT molecular complexity index is 393. The average molecular weight is 232 g/mol. The fourth-order valence-corrected chi connectivity index (χ4v) is 1.54. The van der Waals surface area contributed by atoms with Crippen molar-refractivity contribution < 1.29 is 0 Å². The van der Waals surface area contributed by atoms with Gasteiger partial charge in [-0.05, 0) is 52.5 Å². The SMILES string of the molecule is Cc1ccc(C#N)c(NCCCCN(C)C)n1. The number of unbranched alkanes of at least 4 members (excludes halogenated alkanes) is 1. The molecule has 4 heteroatoms. The predicted octanol–water partition coefficient (Wildman–Crippen LogP) is 2.02. The number of hydrogen-bond acceptors (Lipinski definition) is 4. The molecule has 1 aromatic rings. The van der Waals surface area contributed by atoms with Gasteiger partial charge >= 0.3 is 0 Å². The van der Waals surface area contributed by atoms with Crippen molar-refractivity contribution in [2.75, 3.05) is 32.5 Å². The number of pyridine rings is 1. The Hall–Kier alpha value is -1.60. The molecule has 0 aromatic carbocycles. The summed E-state index contributed by atoms with van der Waals surface area (Å²) in [5.41, 5.74) is 1.54. The second kappa shape index (κ2) is 6.87. The highest BCUT2D eigenvalue weighted by atomic mass is 15.0. The predicted molar refractivity (Wildman–Crippen MR) is 70.0 cm³/mol. The summed E-state index contributed by atoms with van der Waals surface area (Å²) in [5.74, 6) is 0.706. The van der Waals surface area contributed by atoms with Gasteiger partial charge < -0.3 is 10.2 Å². The first kappa shape index (κ1) is 13.5. The van der Waals surface area contributed by atoms with Crippen LogP contribution in [0.2, 0.25) is 0 Å². The van der Waals surface area contributed by atoms with Crippen molar-refractivity contribution in [2.24, 2.45) is 0 Å². The standard InChI is InChI=1S/C13H20N4/c1-11-6-7-12(10-14)13(16-11)15-8-4-5-9-17(2)3/h6-7H,4-5,8-9H2,1-3H3,(H,15,16). The molecule has 92 valence electrons. The van der Waals surface area contributed by atoms with Crippen LogP contribution in [0.4, 0.5) is 5.82 Å². The fraction of sp³-hybridized carbons (Fsp3) is 0.538. The second-order valence-electron chi connectivity index (χ2n) is 4.40. The van der Waals surface area contributed by atoms with Crippen molar-refractivity contribution in [1.82, 2.24) is 9.88 Å². The highest BCUT2D eigenvalue weighted by molar-refractivity contribution is 5.52. The van der Waals surface area contributed by atoms with E-state index in [0.717, 1.165) is 31.6 Å². The molecule has 1 rings (SSSR count). The number of anilines is 1. The third-order valence-corrected chi connectivity index (χ3v) is 2.48. The van der Waals surface area contributed by atoms with Crippen LogP contribution in [-0.2, 0) is 0 Å². The Morgan fingerprint density at radius 3 is 2.76 bits per heavy atom. The normalized spacial score (nSPS) is 10.3. The lowest BCUT2D eigenvalue weighted by Crippen LogP contribution is -2.14. The smallest absolute Gasteiger partial charge is 0.144 e. The summed E-state index contributed by atoms with van der Waals surface area (Å²) in [6, 6.07) is 5.82. The van der Waals surface area contributed by atoms with Crippen LogP contribution in [-0.4, -0.2) is 37.1 Å². The van der Waals surface area contributed by atoms with Crippen molar-refractivity contribution in [3.63, 3.8) is 0 Å². The van der Waals surface area contributed by atoms with Gasteiger partial charge in [0.05, 0.1) is 5.56 Å². The molecule has 0 spiro atoms. The van der Waals surface area contributed by atoms with E-state index >= 15 is 0 Å². The van der Waals surface area contributed by atoms with Crippen molar-refractivity contribution in [3.8, 4) is 6.07 Å². The van der Waals surface area contributed by atoms with Crippen LogP contribution in [0.25, 0.3) is 0 Å². The Morgan fingerprint density at radius 1 is 1.35 bits per heavy atom. The Balaban J connectivity index is 2.41. The molecular weight excluding hydrogens is 212 g/mol. The molecule has 0 aliphatic carbocycles. The zero-order valence-corrected chi connectivity index (χ0v) is 10.8. The Labute approximate surface area is 103 Å². The minimum atomic E-state index is 0.614. The lowest BCUT2D eigenvalue weighted by Gasteiger charge is -2.10. The molecular formula is C13H20N4. The van der Waals surface area contributed by atoms with E-state index in [1.807, 2.05) is 19.1 Å². The molecule has 4 nitrogen and oxygen atoms in total. The third-order valence-electron chi connectivity index (χ3n) is 2.48. The van der Waals surface area contributed by atoms with E-state index in [1.54, 1.807) is 0 Å². The molecule has 0 saturated heterocycles. The number of hydrogen-bond donors (Lipinski definition) is 1. The quantitative estimate of drug-likeness (QED) is 0.762. The zero-order chi connectivity index (χ0) is 12.7. The number of nitrogens with one attached hydrogen (secondary N) is 1. The van der Waals surface area contributed by atoms with Gasteiger partial charge in [-0.3, -0.25) is 0 Å². The molecule has 0 unspecified atom stereocenters. The maximum Gasteiger partial charge on any atom is 0.144 e. The van der Waals surface area contributed by atoms with E-state index in [-0.39, 0.29) is 0 Å². The first-order valence-electron chi connectivity index (χ1n) is 5.90. The van der Waals surface area contributed by atoms with Gasteiger partial charge in [0, 0.05) is 12.2 Å². The maximum atomic E-state index is 8.95. The summed E-state index contributed by atoms with van der Waals surface area (Å²) in [5, 5.41) is 12.2. The minimum absolute atomic E-state index is 0.614. The molecule has 0 fully saturated rings. The highest BCUT2D eigenvalue weighted by Gasteiger charge is 2.02. The molecule has 17 heavy (non-hydrogen) atoms. The Morgan fingerprint density at radius 2 is 2.12 bits per heavy atom. The fourth-order valence-electron chi connectivity index (χ4n) is 1.54. The second-order valence-corrected chi connectivity index (χ2v) is 4.40. The molecule has 0 radical (unpaired) electrons. The molecule has 1 heterocycles. The van der Waals surface area contributed by atoms with Crippen LogP contribution in [0.3, 0.4) is 0 Å². The summed E-state index contributed by atoms with van der Waals surface area (Å²) in [6.45, 7) is 3.88. The van der Waals surface area contributed by atoms with Crippen molar-refractivity contribution in [3.05, 3.63) is 23.4 Å². The van der Waals surface area contributed by atoms with E-state index in [0.29, 0.717) is 11.4 Å². The van der Waals surface area contributed by atoms with E-state index < -0.39 is 0 Å². The number of aryl methyl sites for hydroxylation is 1. The maximum absolute atomic E-state index is 8.95. The minimum Gasteiger partial charge on any atom is -0.369 e. The largest absolute Gasteiger partial charge is 0.369 e. The number of aromatic nitrogens is 1. The number of rotatable bonds is 6. The first-order valence-corrected chi connectivity index (χ1v) is 5.90. The lowest BCUT2D eigenvalue weighted by molar-refractivity contribution is 0.396. The van der Waals surface area contributed by atoms with Crippen LogP contribution >= 0.6 is 0 Å². The van der Waals surface area contributed by atoms with Gasteiger partial charge in [-0.25, -0.2) is 4.98 Å². The summed E-state index contributed by atoms with van der Waals surface area (Å²) < 4.78 is 0. The molecule has 0 bridgehead atoms. The van der Waals surface area contributed by atoms with E-state index in [9.17, 15) is 0 Å². The van der Waals surface area contributed by atoms with Crippen molar-refractivity contribution >= 4 is 5.82 Å². The van der Waals surface area contributed by atoms with E-state index in [2.05, 4.69) is 35.4 Å². The molecule has 0 amide bonds. The summed E-state index contributed by atoms with van der Waals surface area (Å²) in [6.07, 6.45) is 2.23. The molecule has 0 aliphatic rings. The highest BCUT2D eigenvalue weighted by Crippen LogP contribution is 2.12.